The van der Waals surface area contributed by atoms with E-state index in [1.807, 2.05) is 0 Å². The number of halogens is 1. The van der Waals surface area contributed by atoms with E-state index in [9.17, 15) is 14.0 Å². The maximum atomic E-state index is 12.7. The van der Waals surface area contributed by atoms with Crippen molar-refractivity contribution in [3.8, 4) is 0 Å². The van der Waals surface area contributed by atoms with Crippen LogP contribution in [0.3, 0.4) is 0 Å². The van der Waals surface area contributed by atoms with Crippen molar-refractivity contribution in [2.24, 2.45) is 0 Å². The second kappa shape index (κ2) is 5.77. The summed E-state index contributed by atoms with van der Waals surface area (Å²) in [5.41, 5.74) is 5.23. The summed E-state index contributed by atoms with van der Waals surface area (Å²) in [6.07, 6.45) is 0. The normalized spacial score (nSPS) is 9.74. The smallest absolute Gasteiger partial charge is 0.267 e. The van der Waals surface area contributed by atoms with E-state index in [-0.39, 0.29) is 5.56 Å². The molecule has 2 aromatic rings. The van der Waals surface area contributed by atoms with E-state index < -0.39 is 17.6 Å². The highest BCUT2D eigenvalue weighted by molar-refractivity contribution is 5.98. The molecule has 96 valence electrons. The molecule has 0 aromatic heterocycles. The van der Waals surface area contributed by atoms with Gasteiger partial charge in [0.25, 0.3) is 11.8 Å². The summed E-state index contributed by atoms with van der Waals surface area (Å²) >= 11 is 0. The first-order valence-corrected chi connectivity index (χ1v) is 5.58. The Bertz CT molecular complexity index is 582. The molecule has 0 spiro atoms. The maximum Gasteiger partial charge on any atom is 0.269 e. The molecule has 2 amide bonds. The summed E-state index contributed by atoms with van der Waals surface area (Å²) in [6, 6.07) is 13.5. The highest BCUT2D eigenvalue weighted by Crippen LogP contribution is 2.02. The zero-order chi connectivity index (χ0) is 13.7. The number of carbonyl (C=O) groups is 2. The van der Waals surface area contributed by atoms with E-state index in [0.717, 1.165) is 0 Å². The first-order valence-electron chi connectivity index (χ1n) is 5.58. The van der Waals surface area contributed by atoms with Gasteiger partial charge in [-0.25, -0.2) is 4.39 Å². The molecule has 0 heterocycles. The molecule has 0 saturated heterocycles. The third-order valence-corrected chi connectivity index (χ3v) is 2.43. The fourth-order valence-electron chi connectivity index (χ4n) is 1.45. The third kappa shape index (κ3) is 3.38. The van der Waals surface area contributed by atoms with Gasteiger partial charge in [-0.15, -0.1) is 0 Å². The van der Waals surface area contributed by atoms with Gasteiger partial charge in [-0.2, -0.15) is 0 Å². The van der Waals surface area contributed by atoms with Crippen molar-refractivity contribution in [2.75, 3.05) is 0 Å². The zero-order valence-corrected chi connectivity index (χ0v) is 9.89. The van der Waals surface area contributed by atoms with E-state index in [1.54, 1.807) is 30.3 Å². The number of amides is 2. The number of hydrazine groups is 1. The molecule has 19 heavy (non-hydrogen) atoms. The second-order valence-electron chi connectivity index (χ2n) is 3.78. The minimum absolute atomic E-state index is 0.259. The summed E-state index contributed by atoms with van der Waals surface area (Å²) < 4.78 is 12.7. The standard InChI is InChI=1S/C14H11FN2O2/c15-12-8-6-11(7-9-12)14(19)17-16-13(18)10-4-2-1-3-5-10/h1-9H,(H,16,18)(H,17,19). The molecule has 5 heteroatoms. The molecule has 0 aliphatic rings. The van der Waals surface area contributed by atoms with E-state index in [4.69, 9.17) is 0 Å². The number of carbonyl (C=O) groups excluding carboxylic acids is 2. The lowest BCUT2D eigenvalue weighted by molar-refractivity contribution is 0.0846. The lowest BCUT2D eigenvalue weighted by atomic mass is 10.2. The molecule has 0 saturated carbocycles. The lowest BCUT2D eigenvalue weighted by Gasteiger charge is -2.07. The van der Waals surface area contributed by atoms with Gasteiger partial charge in [0, 0.05) is 11.1 Å². The Labute approximate surface area is 109 Å². The van der Waals surface area contributed by atoms with Gasteiger partial charge < -0.3 is 0 Å². The van der Waals surface area contributed by atoms with Crippen LogP contribution in [0.1, 0.15) is 20.7 Å². The highest BCUT2D eigenvalue weighted by Gasteiger charge is 2.08. The van der Waals surface area contributed by atoms with E-state index in [0.29, 0.717) is 5.56 Å². The minimum Gasteiger partial charge on any atom is -0.267 e. The summed E-state index contributed by atoms with van der Waals surface area (Å²) in [5, 5.41) is 0. The summed E-state index contributed by atoms with van der Waals surface area (Å²) in [7, 11) is 0. The first kappa shape index (κ1) is 12.8. The first-order chi connectivity index (χ1) is 9.16. The van der Waals surface area contributed by atoms with E-state index >= 15 is 0 Å². The van der Waals surface area contributed by atoms with Crippen LogP contribution in [-0.4, -0.2) is 11.8 Å². The Balaban J connectivity index is 1.94. The Kier molecular flexibility index (Phi) is 3.87. The van der Waals surface area contributed by atoms with Crippen molar-refractivity contribution in [1.29, 1.82) is 0 Å². The SMILES string of the molecule is O=C(NNC(=O)c1ccc(F)cc1)c1ccccc1. The van der Waals surface area contributed by atoms with Crippen LogP contribution < -0.4 is 10.9 Å². The second-order valence-corrected chi connectivity index (χ2v) is 3.78. The Morgan fingerprint density at radius 1 is 0.737 bits per heavy atom. The van der Waals surface area contributed by atoms with Crippen LogP contribution in [-0.2, 0) is 0 Å². The fourth-order valence-corrected chi connectivity index (χ4v) is 1.45. The average molecular weight is 258 g/mol. The highest BCUT2D eigenvalue weighted by atomic mass is 19.1. The van der Waals surface area contributed by atoms with Crippen LogP contribution in [0.2, 0.25) is 0 Å². The molecule has 0 radical (unpaired) electrons. The lowest BCUT2D eigenvalue weighted by Crippen LogP contribution is -2.41. The number of rotatable bonds is 2. The van der Waals surface area contributed by atoms with Gasteiger partial charge in [0.1, 0.15) is 5.82 Å². The number of benzene rings is 2. The van der Waals surface area contributed by atoms with Gasteiger partial charge in [0.15, 0.2) is 0 Å². The van der Waals surface area contributed by atoms with Crippen molar-refractivity contribution >= 4 is 11.8 Å². The van der Waals surface area contributed by atoms with Crippen molar-refractivity contribution < 1.29 is 14.0 Å². The molecule has 0 atom stereocenters. The molecule has 0 unspecified atom stereocenters. The third-order valence-electron chi connectivity index (χ3n) is 2.43. The Morgan fingerprint density at radius 3 is 1.74 bits per heavy atom. The molecular formula is C14H11FN2O2. The van der Waals surface area contributed by atoms with Crippen LogP contribution in [0.4, 0.5) is 4.39 Å². The Morgan fingerprint density at radius 2 is 1.21 bits per heavy atom. The zero-order valence-electron chi connectivity index (χ0n) is 9.89. The van der Waals surface area contributed by atoms with Crippen molar-refractivity contribution in [3.63, 3.8) is 0 Å². The van der Waals surface area contributed by atoms with Crippen molar-refractivity contribution in [3.05, 3.63) is 71.5 Å². The topological polar surface area (TPSA) is 58.2 Å². The van der Waals surface area contributed by atoms with Gasteiger partial charge in [0.05, 0.1) is 0 Å². The van der Waals surface area contributed by atoms with Gasteiger partial charge in [0.2, 0.25) is 0 Å². The van der Waals surface area contributed by atoms with Crippen molar-refractivity contribution in [2.45, 2.75) is 0 Å². The average Bonchev–Trinajstić information content (AvgIpc) is 2.46. The summed E-state index contributed by atoms with van der Waals surface area (Å²) in [6.45, 7) is 0. The number of hydrogen-bond donors (Lipinski definition) is 2. The summed E-state index contributed by atoms with van der Waals surface area (Å²) in [5.74, 6) is -1.36. The predicted molar refractivity (Wildman–Crippen MR) is 67.8 cm³/mol. The monoisotopic (exact) mass is 258 g/mol. The van der Waals surface area contributed by atoms with Crippen LogP contribution in [0.5, 0.6) is 0 Å². The molecule has 4 nitrogen and oxygen atoms in total. The van der Waals surface area contributed by atoms with Gasteiger partial charge in [-0.1, -0.05) is 18.2 Å². The van der Waals surface area contributed by atoms with E-state index in [2.05, 4.69) is 10.9 Å². The quantitative estimate of drug-likeness (QED) is 0.808. The van der Waals surface area contributed by atoms with E-state index in [1.165, 1.54) is 24.3 Å². The van der Waals surface area contributed by atoms with Gasteiger partial charge in [-0.3, -0.25) is 20.4 Å². The molecule has 0 fully saturated rings. The number of nitrogens with one attached hydrogen (secondary N) is 2. The van der Waals surface area contributed by atoms with Crippen molar-refractivity contribution in [1.82, 2.24) is 10.9 Å². The molecule has 2 rings (SSSR count). The van der Waals surface area contributed by atoms with Gasteiger partial charge in [-0.05, 0) is 36.4 Å². The van der Waals surface area contributed by atoms with Crippen LogP contribution in [0.25, 0.3) is 0 Å². The maximum absolute atomic E-state index is 12.7. The predicted octanol–water partition coefficient (Wildman–Crippen LogP) is 1.90. The van der Waals surface area contributed by atoms with Crippen LogP contribution in [0, 0.1) is 5.82 Å². The molecule has 0 aliphatic heterocycles. The molecule has 0 aliphatic carbocycles. The fraction of sp³-hybridized carbons (Fsp3) is 0. The number of hydrogen-bond acceptors (Lipinski definition) is 2. The molecule has 0 bridgehead atoms. The van der Waals surface area contributed by atoms with Crippen LogP contribution >= 0.6 is 0 Å². The summed E-state index contributed by atoms with van der Waals surface area (Å²) in [4.78, 5) is 23.3. The molecular weight excluding hydrogens is 247 g/mol. The van der Waals surface area contributed by atoms with Gasteiger partial charge >= 0.3 is 0 Å². The minimum atomic E-state index is -0.510. The van der Waals surface area contributed by atoms with Crippen LogP contribution in [0.15, 0.2) is 54.6 Å². The Hall–Kier alpha value is -2.69. The molecule has 2 N–H and O–H groups in total. The molecule has 2 aromatic carbocycles. The largest absolute Gasteiger partial charge is 0.269 e.